The van der Waals surface area contributed by atoms with Crippen molar-refractivity contribution in [3.05, 3.63) is 0 Å². The van der Waals surface area contributed by atoms with Crippen LogP contribution < -0.4 is 0 Å². The molecule has 1 atom stereocenters. The number of thiocarbonyl (C=S) groups is 1. The number of unbranched alkanes of at least 4 members (excludes halogenated alkanes) is 3. The third-order valence-corrected chi connectivity index (χ3v) is 1.85. The van der Waals surface area contributed by atoms with Crippen molar-refractivity contribution in [2.75, 3.05) is 0 Å². The lowest BCUT2D eigenvalue weighted by Gasteiger charge is -2.02. The van der Waals surface area contributed by atoms with Gasteiger partial charge in [-0.2, -0.15) is 0 Å². The Morgan fingerprint density at radius 3 is 2.64 bits per heavy atom. The summed E-state index contributed by atoms with van der Waals surface area (Å²) in [7, 11) is 0. The van der Waals surface area contributed by atoms with E-state index >= 15 is 0 Å². The highest BCUT2D eigenvalue weighted by Crippen LogP contribution is 2.06. The van der Waals surface area contributed by atoms with E-state index in [2.05, 4.69) is 36.2 Å². The summed E-state index contributed by atoms with van der Waals surface area (Å²) in [5.41, 5.74) is 0. The van der Waals surface area contributed by atoms with Gasteiger partial charge in [-0.15, -0.1) is 0 Å². The summed E-state index contributed by atoms with van der Waals surface area (Å²) in [6.07, 6.45) is 6.39. The second kappa shape index (κ2) is 7.90. The highest BCUT2D eigenvalue weighted by Gasteiger charge is 1.96. The molecule has 0 N–H and O–H groups in total. The molecule has 0 fully saturated rings. The summed E-state index contributed by atoms with van der Waals surface area (Å²) >= 11 is 4.51. The lowest BCUT2D eigenvalue weighted by Crippen LogP contribution is -1.96. The van der Waals surface area contributed by atoms with E-state index in [0.717, 1.165) is 6.42 Å². The van der Waals surface area contributed by atoms with Crippen LogP contribution in [0.4, 0.5) is 0 Å². The molecule has 0 spiro atoms. The first-order valence-corrected chi connectivity index (χ1v) is 4.79. The number of rotatable bonds is 6. The molecular weight excluding hydrogens is 154 g/mol. The van der Waals surface area contributed by atoms with E-state index in [9.17, 15) is 0 Å². The topological polar surface area (TPSA) is 12.4 Å². The first-order chi connectivity index (χ1) is 5.31. The lowest BCUT2D eigenvalue weighted by molar-refractivity contribution is 0.578. The van der Waals surface area contributed by atoms with E-state index in [1.165, 1.54) is 25.7 Å². The number of nitrogens with zero attached hydrogens (tertiary/aromatic N) is 1. The van der Waals surface area contributed by atoms with Crippen molar-refractivity contribution in [2.45, 2.75) is 52.0 Å². The normalized spacial score (nSPS) is 12.2. The first-order valence-electron chi connectivity index (χ1n) is 4.38. The van der Waals surface area contributed by atoms with Gasteiger partial charge in [0.2, 0.25) is 0 Å². The predicted octanol–water partition coefficient (Wildman–Crippen LogP) is 3.45. The first kappa shape index (κ1) is 10.8. The molecule has 1 nitrogen and oxygen atoms in total. The maximum absolute atomic E-state index is 4.51. The molecule has 0 aromatic heterocycles. The fourth-order valence-corrected chi connectivity index (χ4v) is 1.20. The quantitative estimate of drug-likeness (QED) is 0.339. The molecule has 64 valence electrons. The number of aliphatic imine (C=N–C) groups is 1. The van der Waals surface area contributed by atoms with Crippen molar-refractivity contribution in [1.82, 2.24) is 0 Å². The monoisotopic (exact) mass is 171 g/mol. The fourth-order valence-electron chi connectivity index (χ4n) is 1.02. The molecule has 0 heterocycles. The van der Waals surface area contributed by atoms with Gasteiger partial charge in [0.25, 0.3) is 0 Å². The molecule has 0 aliphatic heterocycles. The Morgan fingerprint density at radius 1 is 1.36 bits per heavy atom. The van der Waals surface area contributed by atoms with Crippen LogP contribution in [0.2, 0.25) is 0 Å². The van der Waals surface area contributed by atoms with Gasteiger partial charge in [-0.25, -0.2) is 4.99 Å². The fraction of sp³-hybridized carbons (Fsp3) is 0.889. The second-order valence-electron chi connectivity index (χ2n) is 2.92. The molecule has 11 heavy (non-hydrogen) atoms. The number of hydrogen-bond acceptors (Lipinski definition) is 2. The van der Waals surface area contributed by atoms with E-state index in [-0.39, 0.29) is 0 Å². The maximum Gasteiger partial charge on any atom is 0.0587 e. The highest BCUT2D eigenvalue weighted by molar-refractivity contribution is 7.78. The molecule has 0 aliphatic rings. The Kier molecular flexibility index (Phi) is 7.76. The van der Waals surface area contributed by atoms with Crippen LogP contribution in [0.1, 0.15) is 46.0 Å². The van der Waals surface area contributed by atoms with E-state index < -0.39 is 0 Å². The van der Waals surface area contributed by atoms with Crippen LogP contribution in [0.5, 0.6) is 0 Å². The summed E-state index contributed by atoms with van der Waals surface area (Å²) in [5, 5.41) is 2.42. The highest BCUT2D eigenvalue weighted by atomic mass is 32.1. The zero-order chi connectivity index (χ0) is 8.53. The van der Waals surface area contributed by atoms with Crippen molar-refractivity contribution in [3.8, 4) is 0 Å². The van der Waals surface area contributed by atoms with Gasteiger partial charge in [0.15, 0.2) is 0 Å². The van der Waals surface area contributed by atoms with Crippen LogP contribution in [-0.2, 0) is 0 Å². The van der Waals surface area contributed by atoms with Crippen molar-refractivity contribution >= 4 is 17.4 Å². The SMILES string of the molecule is CCCCCC[C@H](C)N=C=S. The van der Waals surface area contributed by atoms with Crippen LogP contribution >= 0.6 is 12.2 Å². The van der Waals surface area contributed by atoms with Crippen molar-refractivity contribution in [3.63, 3.8) is 0 Å². The third kappa shape index (κ3) is 7.70. The average molecular weight is 171 g/mol. The Bertz CT molecular complexity index is 128. The number of hydrogen-bond donors (Lipinski definition) is 0. The summed E-state index contributed by atoms with van der Waals surface area (Å²) in [5.74, 6) is 0. The van der Waals surface area contributed by atoms with Gasteiger partial charge in [-0.3, -0.25) is 0 Å². The second-order valence-corrected chi connectivity index (χ2v) is 3.10. The van der Waals surface area contributed by atoms with Gasteiger partial charge in [-0.05, 0) is 25.6 Å². The largest absolute Gasteiger partial charge is 0.229 e. The zero-order valence-electron chi connectivity index (χ0n) is 7.47. The number of isothiocyanates is 1. The van der Waals surface area contributed by atoms with Gasteiger partial charge in [0.05, 0.1) is 11.2 Å². The Hall–Kier alpha value is -0.200. The minimum absolute atomic E-state index is 0.379. The molecule has 0 aliphatic carbocycles. The maximum atomic E-state index is 4.51. The summed E-state index contributed by atoms with van der Waals surface area (Å²) < 4.78 is 0. The molecule has 2 heteroatoms. The van der Waals surface area contributed by atoms with Gasteiger partial charge in [0.1, 0.15) is 0 Å². The Labute approximate surface area is 74.9 Å². The molecule has 0 aromatic carbocycles. The summed E-state index contributed by atoms with van der Waals surface area (Å²) in [4.78, 5) is 3.99. The predicted molar refractivity (Wildman–Crippen MR) is 53.2 cm³/mol. The van der Waals surface area contributed by atoms with Crippen LogP contribution in [0.15, 0.2) is 4.99 Å². The average Bonchev–Trinajstić information content (AvgIpc) is 1.99. The van der Waals surface area contributed by atoms with E-state index in [1.807, 2.05) is 0 Å². The van der Waals surface area contributed by atoms with Crippen LogP contribution in [0, 0.1) is 0 Å². The molecule has 0 saturated heterocycles. The molecule has 0 aromatic rings. The van der Waals surface area contributed by atoms with Crippen LogP contribution in [0.25, 0.3) is 0 Å². The standard InChI is InChI=1S/C9H17NS/c1-3-4-5-6-7-9(2)10-8-11/h9H,3-7H2,1-2H3/t9-/m0/s1. The van der Waals surface area contributed by atoms with Gasteiger partial charge in [0, 0.05) is 0 Å². The van der Waals surface area contributed by atoms with Crippen molar-refractivity contribution in [2.24, 2.45) is 4.99 Å². The lowest BCUT2D eigenvalue weighted by atomic mass is 10.1. The van der Waals surface area contributed by atoms with Crippen LogP contribution in [0.3, 0.4) is 0 Å². The van der Waals surface area contributed by atoms with E-state index in [1.54, 1.807) is 0 Å². The minimum atomic E-state index is 0.379. The minimum Gasteiger partial charge on any atom is -0.229 e. The Morgan fingerprint density at radius 2 is 2.09 bits per heavy atom. The zero-order valence-corrected chi connectivity index (χ0v) is 8.28. The van der Waals surface area contributed by atoms with E-state index in [4.69, 9.17) is 0 Å². The molecule has 0 rings (SSSR count). The molecule has 0 unspecified atom stereocenters. The summed E-state index contributed by atoms with van der Waals surface area (Å²) in [6.45, 7) is 4.31. The Balaban J connectivity index is 3.17. The molecular formula is C9H17NS. The summed E-state index contributed by atoms with van der Waals surface area (Å²) in [6, 6.07) is 0.379. The van der Waals surface area contributed by atoms with E-state index in [0.29, 0.717) is 6.04 Å². The van der Waals surface area contributed by atoms with Gasteiger partial charge >= 0.3 is 0 Å². The van der Waals surface area contributed by atoms with Crippen molar-refractivity contribution in [1.29, 1.82) is 0 Å². The van der Waals surface area contributed by atoms with Crippen LogP contribution in [-0.4, -0.2) is 11.2 Å². The molecule has 0 amide bonds. The molecule has 0 saturated carbocycles. The third-order valence-electron chi connectivity index (χ3n) is 1.75. The smallest absolute Gasteiger partial charge is 0.0587 e. The molecule has 0 radical (unpaired) electrons. The van der Waals surface area contributed by atoms with Gasteiger partial charge in [-0.1, -0.05) is 32.6 Å². The molecule has 0 bridgehead atoms. The van der Waals surface area contributed by atoms with Gasteiger partial charge < -0.3 is 0 Å². The van der Waals surface area contributed by atoms with Crippen molar-refractivity contribution < 1.29 is 0 Å².